The van der Waals surface area contributed by atoms with Crippen molar-refractivity contribution in [2.45, 2.75) is 6.61 Å². The number of para-hydroxylation sites is 1. The molecular formula is C17H13NO3. The maximum atomic E-state index is 12.2. The van der Waals surface area contributed by atoms with E-state index in [0.717, 1.165) is 11.3 Å². The SMILES string of the molecule is O=C1OCc2ccccc2NC1=CC(=O)c1ccccc1. The fourth-order valence-corrected chi connectivity index (χ4v) is 2.10. The lowest BCUT2D eigenvalue weighted by atomic mass is 10.1. The molecular weight excluding hydrogens is 266 g/mol. The minimum atomic E-state index is -0.532. The standard InChI is InChI=1S/C17H13NO3/c19-16(12-6-2-1-3-7-12)10-15-17(20)21-11-13-8-4-5-9-14(13)18-15/h1-10,18H,11H2. The topological polar surface area (TPSA) is 55.4 Å². The lowest BCUT2D eigenvalue weighted by Crippen LogP contribution is -2.13. The minimum Gasteiger partial charge on any atom is -0.456 e. The van der Waals surface area contributed by atoms with Gasteiger partial charge in [-0.2, -0.15) is 0 Å². The van der Waals surface area contributed by atoms with E-state index in [1.807, 2.05) is 30.3 Å². The zero-order valence-electron chi connectivity index (χ0n) is 11.2. The Morgan fingerprint density at radius 2 is 1.76 bits per heavy atom. The van der Waals surface area contributed by atoms with Gasteiger partial charge in [0.1, 0.15) is 12.3 Å². The summed E-state index contributed by atoms with van der Waals surface area (Å²) in [6, 6.07) is 16.2. The number of nitrogens with one attached hydrogen (secondary N) is 1. The number of allylic oxidation sites excluding steroid dienone is 1. The number of hydrogen-bond acceptors (Lipinski definition) is 4. The number of anilines is 1. The van der Waals surface area contributed by atoms with Crippen molar-refractivity contribution < 1.29 is 14.3 Å². The van der Waals surface area contributed by atoms with Crippen LogP contribution in [0, 0.1) is 0 Å². The van der Waals surface area contributed by atoms with E-state index < -0.39 is 5.97 Å². The Morgan fingerprint density at radius 1 is 1.05 bits per heavy atom. The molecule has 1 aliphatic heterocycles. The van der Waals surface area contributed by atoms with Crippen molar-refractivity contribution in [3.8, 4) is 0 Å². The zero-order valence-corrected chi connectivity index (χ0v) is 11.2. The normalized spacial score (nSPS) is 15.6. The molecule has 4 heteroatoms. The summed E-state index contributed by atoms with van der Waals surface area (Å²) in [7, 11) is 0. The number of carbonyl (C=O) groups excluding carboxylic acids is 2. The molecule has 0 amide bonds. The van der Waals surface area contributed by atoms with E-state index in [0.29, 0.717) is 5.56 Å². The first kappa shape index (κ1) is 13.1. The molecule has 0 bridgehead atoms. The Hall–Kier alpha value is -2.88. The average Bonchev–Trinajstić information content (AvgIpc) is 2.68. The minimum absolute atomic E-state index is 0.147. The molecule has 1 N–H and O–H groups in total. The van der Waals surface area contributed by atoms with Crippen molar-refractivity contribution in [2.75, 3.05) is 5.32 Å². The molecule has 0 radical (unpaired) electrons. The molecule has 0 unspecified atom stereocenters. The van der Waals surface area contributed by atoms with E-state index in [1.165, 1.54) is 6.08 Å². The van der Waals surface area contributed by atoms with Crippen molar-refractivity contribution in [1.82, 2.24) is 0 Å². The Balaban J connectivity index is 1.92. The van der Waals surface area contributed by atoms with Crippen LogP contribution in [0.25, 0.3) is 0 Å². The number of hydrogen-bond donors (Lipinski definition) is 1. The highest BCUT2D eigenvalue weighted by Gasteiger charge is 2.19. The van der Waals surface area contributed by atoms with Crippen molar-refractivity contribution in [3.05, 3.63) is 77.5 Å². The van der Waals surface area contributed by atoms with Crippen LogP contribution in [0.3, 0.4) is 0 Å². The second kappa shape index (κ2) is 5.63. The lowest BCUT2D eigenvalue weighted by Gasteiger charge is -2.06. The van der Waals surface area contributed by atoms with Crippen LogP contribution in [0.1, 0.15) is 15.9 Å². The highest BCUT2D eigenvalue weighted by atomic mass is 16.5. The Morgan fingerprint density at radius 3 is 2.57 bits per heavy atom. The van der Waals surface area contributed by atoms with Gasteiger partial charge in [0.15, 0.2) is 5.78 Å². The molecule has 0 aromatic heterocycles. The van der Waals surface area contributed by atoms with Gasteiger partial charge in [-0.05, 0) is 6.07 Å². The van der Waals surface area contributed by atoms with Gasteiger partial charge in [0.2, 0.25) is 0 Å². The smallest absolute Gasteiger partial charge is 0.355 e. The second-order valence-electron chi connectivity index (χ2n) is 4.65. The third-order valence-corrected chi connectivity index (χ3v) is 3.20. The van der Waals surface area contributed by atoms with Crippen LogP contribution in [0.2, 0.25) is 0 Å². The van der Waals surface area contributed by atoms with Crippen LogP contribution in [0.15, 0.2) is 66.4 Å². The highest BCUT2D eigenvalue weighted by molar-refractivity contribution is 6.09. The van der Waals surface area contributed by atoms with Crippen LogP contribution in [0.5, 0.6) is 0 Å². The molecule has 0 aliphatic carbocycles. The maximum absolute atomic E-state index is 12.2. The third-order valence-electron chi connectivity index (χ3n) is 3.20. The molecule has 21 heavy (non-hydrogen) atoms. The van der Waals surface area contributed by atoms with E-state index in [-0.39, 0.29) is 18.1 Å². The van der Waals surface area contributed by atoms with Gasteiger partial charge >= 0.3 is 5.97 Å². The van der Waals surface area contributed by atoms with Gasteiger partial charge in [-0.25, -0.2) is 4.79 Å². The highest BCUT2D eigenvalue weighted by Crippen LogP contribution is 2.22. The number of benzene rings is 2. The molecule has 1 aliphatic rings. The summed E-state index contributed by atoms with van der Waals surface area (Å²) < 4.78 is 5.16. The van der Waals surface area contributed by atoms with Gasteiger partial charge in [0.25, 0.3) is 0 Å². The maximum Gasteiger partial charge on any atom is 0.355 e. The fourth-order valence-electron chi connectivity index (χ4n) is 2.10. The number of ether oxygens (including phenoxy) is 1. The molecule has 4 nitrogen and oxygen atoms in total. The average molecular weight is 279 g/mol. The molecule has 0 saturated heterocycles. The van der Waals surface area contributed by atoms with E-state index in [4.69, 9.17) is 4.74 Å². The summed E-state index contributed by atoms with van der Waals surface area (Å²) >= 11 is 0. The predicted octanol–water partition coefficient (Wildman–Crippen LogP) is 2.92. The largest absolute Gasteiger partial charge is 0.456 e. The molecule has 104 valence electrons. The third kappa shape index (κ3) is 2.84. The van der Waals surface area contributed by atoms with Crippen LogP contribution in [0.4, 0.5) is 5.69 Å². The van der Waals surface area contributed by atoms with Crippen molar-refractivity contribution >= 4 is 17.4 Å². The Labute approximate surface area is 122 Å². The van der Waals surface area contributed by atoms with Crippen LogP contribution in [-0.4, -0.2) is 11.8 Å². The van der Waals surface area contributed by atoms with Gasteiger partial charge in [-0.1, -0.05) is 48.5 Å². The van der Waals surface area contributed by atoms with Gasteiger partial charge in [0, 0.05) is 22.9 Å². The predicted molar refractivity (Wildman–Crippen MR) is 78.7 cm³/mol. The Kier molecular flexibility index (Phi) is 3.51. The van der Waals surface area contributed by atoms with Gasteiger partial charge in [-0.15, -0.1) is 0 Å². The number of ketones is 1. The molecule has 2 aromatic carbocycles. The van der Waals surface area contributed by atoms with Crippen molar-refractivity contribution in [2.24, 2.45) is 0 Å². The molecule has 0 saturated carbocycles. The summed E-state index contributed by atoms with van der Waals surface area (Å²) in [5.74, 6) is -0.773. The molecule has 0 spiro atoms. The fraction of sp³-hybridized carbons (Fsp3) is 0.0588. The first-order valence-electron chi connectivity index (χ1n) is 6.57. The Bertz CT molecular complexity index is 720. The summed E-state index contributed by atoms with van der Waals surface area (Å²) in [5.41, 5.74) is 2.32. The number of cyclic esters (lactones) is 1. The summed E-state index contributed by atoms with van der Waals surface area (Å²) in [5, 5.41) is 2.98. The van der Waals surface area contributed by atoms with Crippen molar-refractivity contribution in [3.63, 3.8) is 0 Å². The van der Waals surface area contributed by atoms with Crippen LogP contribution >= 0.6 is 0 Å². The molecule has 2 aromatic rings. The number of fused-ring (bicyclic) bond motifs is 1. The van der Waals surface area contributed by atoms with E-state index >= 15 is 0 Å². The van der Waals surface area contributed by atoms with Gasteiger partial charge < -0.3 is 10.1 Å². The zero-order chi connectivity index (χ0) is 14.7. The van der Waals surface area contributed by atoms with E-state index in [9.17, 15) is 9.59 Å². The summed E-state index contributed by atoms with van der Waals surface area (Å²) in [4.78, 5) is 24.1. The number of carbonyl (C=O) groups is 2. The summed E-state index contributed by atoms with van der Waals surface area (Å²) in [6.07, 6.45) is 1.28. The monoisotopic (exact) mass is 279 g/mol. The summed E-state index contributed by atoms with van der Waals surface area (Å²) in [6.45, 7) is 0.193. The number of esters is 1. The van der Waals surface area contributed by atoms with Crippen molar-refractivity contribution in [1.29, 1.82) is 0 Å². The molecule has 3 rings (SSSR count). The van der Waals surface area contributed by atoms with E-state index in [1.54, 1.807) is 24.3 Å². The molecule has 0 atom stereocenters. The molecule has 1 heterocycles. The lowest BCUT2D eigenvalue weighted by molar-refractivity contribution is -0.139. The van der Waals surface area contributed by atoms with E-state index in [2.05, 4.69) is 5.32 Å². The number of rotatable bonds is 2. The first-order chi connectivity index (χ1) is 10.2. The first-order valence-corrected chi connectivity index (χ1v) is 6.57. The van der Waals surface area contributed by atoms with Gasteiger partial charge in [0.05, 0.1) is 0 Å². The van der Waals surface area contributed by atoms with Gasteiger partial charge in [-0.3, -0.25) is 4.79 Å². The van der Waals surface area contributed by atoms with Crippen LogP contribution < -0.4 is 5.32 Å². The molecule has 0 fully saturated rings. The second-order valence-corrected chi connectivity index (χ2v) is 4.65. The quantitative estimate of drug-likeness (QED) is 0.521. The van der Waals surface area contributed by atoms with Crippen LogP contribution in [-0.2, 0) is 16.1 Å².